The molecule has 0 amide bonds. The lowest BCUT2D eigenvalue weighted by molar-refractivity contribution is 0.414. The zero-order valence-electron chi connectivity index (χ0n) is 14.9. The predicted molar refractivity (Wildman–Crippen MR) is 109 cm³/mol. The SMILES string of the molecule is COc1ccc(-c2nc3cccc(Cl)c3nc2-c2ccc(OC)cc2)cc1. The number of benzene rings is 3. The number of nitrogens with zero attached hydrogens (tertiary/aromatic N) is 2. The van der Waals surface area contributed by atoms with E-state index < -0.39 is 0 Å². The smallest absolute Gasteiger partial charge is 0.118 e. The maximum atomic E-state index is 6.36. The number of halogens is 1. The van der Waals surface area contributed by atoms with E-state index in [1.54, 1.807) is 14.2 Å². The highest BCUT2D eigenvalue weighted by Crippen LogP contribution is 2.34. The number of methoxy groups -OCH3 is 2. The topological polar surface area (TPSA) is 44.2 Å². The van der Waals surface area contributed by atoms with E-state index in [9.17, 15) is 0 Å². The lowest BCUT2D eigenvalue weighted by Gasteiger charge is -2.12. The van der Waals surface area contributed by atoms with E-state index in [1.165, 1.54) is 0 Å². The number of aromatic nitrogens is 2. The van der Waals surface area contributed by atoms with Gasteiger partial charge < -0.3 is 9.47 Å². The van der Waals surface area contributed by atoms with E-state index in [4.69, 9.17) is 31.0 Å². The second-order valence-corrected chi connectivity index (χ2v) is 6.39. The molecule has 1 aromatic heterocycles. The summed E-state index contributed by atoms with van der Waals surface area (Å²) in [6.07, 6.45) is 0. The van der Waals surface area contributed by atoms with Gasteiger partial charge in [0.1, 0.15) is 17.0 Å². The van der Waals surface area contributed by atoms with Gasteiger partial charge in [0.15, 0.2) is 0 Å². The Morgan fingerprint density at radius 2 is 1.19 bits per heavy atom. The summed E-state index contributed by atoms with van der Waals surface area (Å²) in [5.41, 5.74) is 4.89. The highest BCUT2D eigenvalue weighted by Gasteiger charge is 2.15. The van der Waals surface area contributed by atoms with E-state index >= 15 is 0 Å². The van der Waals surface area contributed by atoms with Gasteiger partial charge in [0.2, 0.25) is 0 Å². The number of hydrogen-bond donors (Lipinski definition) is 0. The van der Waals surface area contributed by atoms with Crippen molar-refractivity contribution in [3.63, 3.8) is 0 Å². The van der Waals surface area contributed by atoms with Crippen molar-refractivity contribution in [1.82, 2.24) is 9.97 Å². The number of rotatable bonds is 4. The summed E-state index contributed by atoms with van der Waals surface area (Å²) >= 11 is 6.36. The fourth-order valence-corrected chi connectivity index (χ4v) is 3.16. The van der Waals surface area contributed by atoms with Gasteiger partial charge in [0.25, 0.3) is 0 Å². The molecule has 0 saturated heterocycles. The average molecular weight is 377 g/mol. The van der Waals surface area contributed by atoms with Crippen molar-refractivity contribution in [1.29, 1.82) is 0 Å². The molecule has 0 aliphatic heterocycles. The first-order chi connectivity index (χ1) is 13.2. The minimum Gasteiger partial charge on any atom is -0.497 e. The average Bonchev–Trinajstić information content (AvgIpc) is 2.73. The summed E-state index contributed by atoms with van der Waals surface area (Å²) in [6.45, 7) is 0. The van der Waals surface area contributed by atoms with Crippen molar-refractivity contribution in [3.05, 3.63) is 71.8 Å². The Labute approximate surface area is 162 Å². The van der Waals surface area contributed by atoms with E-state index in [-0.39, 0.29) is 0 Å². The van der Waals surface area contributed by atoms with Gasteiger partial charge in [0.05, 0.1) is 36.1 Å². The van der Waals surface area contributed by atoms with Gasteiger partial charge in [-0.3, -0.25) is 0 Å². The van der Waals surface area contributed by atoms with Crippen LogP contribution >= 0.6 is 11.6 Å². The van der Waals surface area contributed by atoms with Crippen molar-refractivity contribution >= 4 is 22.6 Å². The Hall–Kier alpha value is -3.11. The van der Waals surface area contributed by atoms with Crippen molar-refractivity contribution in [2.45, 2.75) is 0 Å². The molecule has 5 heteroatoms. The molecule has 4 nitrogen and oxygen atoms in total. The van der Waals surface area contributed by atoms with Gasteiger partial charge in [-0.2, -0.15) is 0 Å². The molecule has 4 rings (SSSR count). The largest absolute Gasteiger partial charge is 0.497 e. The van der Waals surface area contributed by atoms with E-state index in [2.05, 4.69) is 0 Å². The summed E-state index contributed by atoms with van der Waals surface area (Å²) < 4.78 is 10.5. The van der Waals surface area contributed by atoms with Crippen LogP contribution in [0.1, 0.15) is 0 Å². The van der Waals surface area contributed by atoms with Crippen molar-refractivity contribution in [3.8, 4) is 34.0 Å². The predicted octanol–water partition coefficient (Wildman–Crippen LogP) is 5.63. The van der Waals surface area contributed by atoms with Crippen LogP contribution in [0.5, 0.6) is 11.5 Å². The molecule has 0 atom stereocenters. The Morgan fingerprint density at radius 1 is 0.667 bits per heavy atom. The molecule has 3 aromatic carbocycles. The van der Waals surface area contributed by atoms with Gasteiger partial charge in [-0.15, -0.1) is 0 Å². The van der Waals surface area contributed by atoms with Crippen LogP contribution in [0.2, 0.25) is 5.02 Å². The molecule has 0 bridgehead atoms. The monoisotopic (exact) mass is 376 g/mol. The van der Waals surface area contributed by atoms with Crippen LogP contribution in [0.15, 0.2) is 66.7 Å². The molecule has 0 aliphatic rings. The third-order valence-corrected chi connectivity index (χ3v) is 4.68. The minimum absolute atomic E-state index is 0.580. The fourth-order valence-electron chi connectivity index (χ4n) is 2.94. The minimum atomic E-state index is 0.580. The van der Waals surface area contributed by atoms with Gasteiger partial charge in [-0.25, -0.2) is 9.97 Å². The summed E-state index contributed by atoms with van der Waals surface area (Å²) in [5.74, 6) is 1.58. The maximum Gasteiger partial charge on any atom is 0.118 e. The van der Waals surface area contributed by atoms with Gasteiger partial charge in [-0.05, 0) is 60.7 Å². The standard InChI is InChI=1S/C22H17ClN2O2/c1-26-16-10-6-14(7-11-16)20-21(15-8-12-17(27-2)13-9-15)25-22-18(23)4-3-5-19(22)24-20/h3-13H,1-2H3. The van der Waals surface area contributed by atoms with E-state index in [0.717, 1.165) is 39.5 Å². The number of hydrogen-bond acceptors (Lipinski definition) is 4. The molecule has 0 N–H and O–H groups in total. The number of para-hydroxylation sites is 1. The number of fused-ring (bicyclic) bond motifs is 1. The van der Waals surface area contributed by atoms with Crippen LogP contribution in [-0.2, 0) is 0 Å². The Balaban J connectivity index is 1.96. The van der Waals surface area contributed by atoms with Gasteiger partial charge in [0, 0.05) is 11.1 Å². The van der Waals surface area contributed by atoms with E-state index in [1.807, 2.05) is 66.7 Å². The molecule has 0 fully saturated rings. The van der Waals surface area contributed by atoms with Crippen LogP contribution in [0.3, 0.4) is 0 Å². The van der Waals surface area contributed by atoms with Crippen LogP contribution in [-0.4, -0.2) is 24.2 Å². The summed E-state index contributed by atoms with van der Waals surface area (Å²) in [7, 11) is 3.29. The maximum absolute atomic E-state index is 6.36. The molecule has 0 spiro atoms. The Kier molecular flexibility index (Phi) is 4.65. The second-order valence-electron chi connectivity index (χ2n) is 5.99. The first-order valence-corrected chi connectivity index (χ1v) is 8.82. The van der Waals surface area contributed by atoms with Crippen LogP contribution < -0.4 is 9.47 Å². The van der Waals surface area contributed by atoms with Crippen LogP contribution in [0.25, 0.3) is 33.5 Å². The molecular weight excluding hydrogens is 360 g/mol. The quantitative estimate of drug-likeness (QED) is 0.462. The zero-order chi connectivity index (χ0) is 18.8. The molecular formula is C22H17ClN2O2. The molecule has 1 heterocycles. The molecule has 0 aliphatic carbocycles. The Bertz CT molecular complexity index is 1090. The molecule has 0 unspecified atom stereocenters. The summed E-state index contributed by atoms with van der Waals surface area (Å²) in [5, 5.41) is 0.580. The van der Waals surface area contributed by atoms with Crippen molar-refractivity contribution in [2.75, 3.05) is 14.2 Å². The fraction of sp³-hybridized carbons (Fsp3) is 0.0909. The highest BCUT2D eigenvalue weighted by atomic mass is 35.5. The van der Waals surface area contributed by atoms with Gasteiger partial charge in [-0.1, -0.05) is 17.7 Å². The van der Waals surface area contributed by atoms with Crippen molar-refractivity contribution < 1.29 is 9.47 Å². The zero-order valence-corrected chi connectivity index (χ0v) is 15.7. The number of ether oxygens (including phenoxy) is 2. The third kappa shape index (κ3) is 3.32. The first-order valence-electron chi connectivity index (χ1n) is 8.44. The second kappa shape index (κ2) is 7.25. The lowest BCUT2D eigenvalue weighted by Crippen LogP contribution is -1.96. The van der Waals surface area contributed by atoms with Crippen molar-refractivity contribution in [2.24, 2.45) is 0 Å². The highest BCUT2D eigenvalue weighted by molar-refractivity contribution is 6.34. The molecule has 0 radical (unpaired) electrons. The lowest BCUT2D eigenvalue weighted by atomic mass is 10.0. The normalized spacial score (nSPS) is 10.8. The molecule has 0 saturated carbocycles. The Morgan fingerprint density at radius 3 is 1.70 bits per heavy atom. The van der Waals surface area contributed by atoms with Gasteiger partial charge >= 0.3 is 0 Å². The summed E-state index contributed by atoms with van der Waals surface area (Å²) in [6, 6.07) is 21.2. The first kappa shape index (κ1) is 17.3. The van der Waals surface area contributed by atoms with Crippen LogP contribution in [0.4, 0.5) is 0 Å². The third-order valence-electron chi connectivity index (χ3n) is 4.37. The molecule has 27 heavy (non-hydrogen) atoms. The summed E-state index contributed by atoms with van der Waals surface area (Å²) in [4.78, 5) is 9.71. The molecule has 134 valence electrons. The van der Waals surface area contributed by atoms with E-state index in [0.29, 0.717) is 10.5 Å². The van der Waals surface area contributed by atoms with Crippen LogP contribution in [0, 0.1) is 0 Å². The molecule has 4 aromatic rings.